The average molecular weight is 465 g/mol. The summed E-state index contributed by atoms with van der Waals surface area (Å²) in [6.45, 7) is 0. The molecule has 172 valence electrons. The van der Waals surface area contributed by atoms with Crippen LogP contribution in [0.2, 0.25) is 0 Å². The second kappa shape index (κ2) is 9.27. The molecule has 4 aromatic carbocycles. The van der Waals surface area contributed by atoms with Crippen molar-refractivity contribution in [3.05, 3.63) is 132 Å². The van der Waals surface area contributed by atoms with Crippen LogP contribution in [-0.4, -0.2) is 16.8 Å². The predicted octanol–water partition coefficient (Wildman–Crippen LogP) is 6.24. The van der Waals surface area contributed by atoms with E-state index in [0.29, 0.717) is 28.3 Å². The molecule has 6 heteroatoms. The third-order valence-corrected chi connectivity index (χ3v) is 5.75. The van der Waals surface area contributed by atoms with Crippen LogP contribution in [0.3, 0.4) is 0 Å². The van der Waals surface area contributed by atoms with Gasteiger partial charge in [0.15, 0.2) is 0 Å². The van der Waals surface area contributed by atoms with Crippen LogP contribution in [-0.2, 0) is 9.59 Å². The molecule has 4 aromatic rings. The predicted molar refractivity (Wildman–Crippen MR) is 131 cm³/mol. The van der Waals surface area contributed by atoms with Crippen molar-refractivity contribution in [2.24, 2.45) is 0 Å². The van der Waals surface area contributed by atoms with Gasteiger partial charge in [0.2, 0.25) is 0 Å². The van der Waals surface area contributed by atoms with Gasteiger partial charge in [-0.05, 0) is 54.1 Å². The lowest BCUT2D eigenvalue weighted by atomic mass is 9.95. The molecule has 1 saturated heterocycles. The quantitative estimate of drug-likeness (QED) is 0.215. The number of anilines is 1. The van der Waals surface area contributed by atoms with E-state index in [-0.39, 0.29) is 11.3 Å². The maximum atomic E-state index is 13.6. The number of hydrogen-bond acceptors (Lipinski definition) is 4. The summed E-state index contributed by atoms with van der Waals surface area (Å²) in [4.78, 5) is 27.7. The number of benzene rings is 4. The van der Waals surface area contributed by atoms with Crippen molar-refractivity contribution in [2.75, 3.05) is 4.90 Å². The first kappa shape index (κ1) is 22.1. The number of amides is 1. The first-order valence-corrected chi connectivity index (χ1v) is 11.0. The van der Waals surface area contributed by atoms with E-state index < -0.39 is 23.5 Å². The van der Waals surface area contributed by atoms with E-state index >= 15 is 0 Å². The number of nitrogens with zero attached hydrogens (tertiary/aromatic N) is 1. The highest BCUT2D eigenvalue weighted by Crippen LogP contribution is 2.43. The number of hydrogen-bond donors (Lipinski definition) is 1. The number of halogens is 1. The molecule has 1 heterocycles. The van der Waals surface area contributed by atoms with Gasteiger partial charge >= 0.3 is 0 Å². The topological polar surface area (TPSA) is 66.8 Å². The number of rotatable bonds is 5. The van der Waals surface area contributed by atoms with E-state index in [2.05, 4.69) is 0 Å². The summed E-state index contributed by atoms with van der Waals surface area (Å²) in [5.74, 6) is -1.26. The molecule has 1 amide bonds. The van der Waals surface area contributed by atoms with Gasteiger partial charge < -0.3 is 9.84 Å². The minimum atomic E-state index is -0.944. The Morgan fingerprint density at radius 1 is 0.771 bits per heavy atom. The molecule has 5 rings (SSSR count). The highest BCUT2D eigenvalue weighted by Gasteiger charge is 2.47. The number of para-hydroxylation sites is 1. The van der Waals surface area contributed by atoms with Gasteiger partial charge in [-0.3, -0.25) is 14.5 Å². The van der Waals surface area contributed by atoms with Crippen LogP contribution in [0.15, 0.2) is 115 Å². The summed E-state index contributed by atoms with van der Waals surface area (Å²) in [6.07, 6.45) is 0. The Hall–Kier alpha value is -4.71. The van der Waals surface area contributed by atoms with Crippen molar-refractivity contribution < 1.29 is 23.8 Å². The third-order valence-electron chi connectivity index (χ3n) is 5.75. The maximum Gasteiger partial charge on any atom is 0.300 e. The summed E-state index contributed by atoms with van der Waals surface area (Å²) in [7, 11) is 0. The number of Topliss-reactive ketones (excluding diaryl/α,β-unsaturated/α-hetero) is 1. The largest absolute Gasteiger partial charge is 0.507 e. The first-order valence-electron chi connectivity index (χ1n) is 11.0. The zero-order chi connectivity index (χ0) is 24.4. The van der Waals surface area contributed by atoms with Crippen LogP contribution in [0.25, 0.3) is 5.76 Å². The smallest absolute Gasteiger partial charge is 0.300 e. The number of ketones is 1. The molecule has 5 nitrogen and oxygen atoms in total. The molecular weight excluding hydrogens is 445 g/mol. The fourth-order valence-electron chi connectivity index (χ4n) is 4.14. The number of carbonyl (C=O) groups is 2. The van der Waals surface area contributed by atoms with Gasteiger partial charge in [0, 0.05) is 11.3 Å². The van der Waals surface area contributed by atoms with E-state index in [1.807, 2.05) is 30.3 Å². The van der Waals surface area contributed by atoms with Crippen LogP contribution < -0.4 is 9.64 Å². The van der Waals surface area contributed by atoms with Crippen LogP contribution in [0.5, 0.6) is 11.5 Å². The fraction of sp³-hybridized carbons (Fsp3) is 0.0345. The van der Waals surface area contributed by atoms with Crippen LogP contribution >= 0.6 is 0 Å². The second-order valence-electron chi connectivity index (χ2n) is 8.00. The Bertz CT molecular complexity index is 1420. The van der Waals surface area contributed by atoms with E-state index in [0.717, 1.165) is 0 Å². The van der Waals surface area contributed by atoms with E-state index in [9.17, 15) is 19.1 Å². The Labute approximate surface area is 201 Å². The first-order chi connectivity index (χ1) is 17.0. The molecule has 1 atom stereocenters. The fourth-order valence-corrected chi connectivity index (χ4v) is 4.14. The molecule has 35 heavy (non-hydrogen) atoms. The third kappa shape index (κ3) is 4.29. The zero-order valence-electron chi connectivity index (χ0n) is 18.5. The molecule has 0 spiro atoms. The van der Waals surface area contributed by atoms with Crippen molar-refractivity contribution in [3.8, 4) is 11.5 Å². The van der Waals surface area contributed by atoms with Gasteiger partial charge in [-0.15, -0.1) is 0 Å². The van der Waals surface area contributed by atoms with Crippen molar-refractivity contribution in [3.63, 3.8) is 0 Å². The van der Waals surface area contributed by atoms with Crippen molar-refractivity contribution in [1.82, 2.24) is 0 Å². The second-order valence-corrected chi connectivity index (χ2v) is 8.00. The molecule has 0 bridgehead atoms. The summed E-state index contributed by atoms with van der Waals surface area (Å²) >= 11 is 0. The highest BCUT2D eigenvalue weighted by atomic mass is 19.1. The van der Waals surface area contributed by atoms with Crippen LogP contribution in [0, 0.1) is 5.82 Å². The summed E-state index contributed by atoms with van der Waals surface area (Å²) in [5.41, 5.74) is 1.24. The lowest BCUT2D eigenvalue weighted by Gasteiger charge is -2.25. The Morgan fingerprint density at radius 2 is 1.40 bits per heavy atom. The van der Waals surface area contributed by atoms with E-state index in [1.54, 1.807) is 54.6 Å². The normalized spacial score (nSPS) is 16.9. The number of aliphatic hydroxyl groups is 1. The molecule has 0 aliphatic carbocycles. The minimum absolute atomic E-state index is 0.0533. The Kier molecular flexibility index (Phi) is 5.85. The van der Waals surface area contributed by atoms with Crippen molar-refractivity contribution in [1.29, 1.82) is 0 Å². The number of ether oxygens (including phenoxy) is 1. The van der Waals surface area contributed by atoms with Crippen molar-refractivity contribution >= 4 is 23.1 Å². The Morgan fingerprint density at radius 3 is 2.09 bits per heavy atom. The molecule has 0 aromatic heterocycles. The average Bonchev–Trinajstić information content (AvgIpc) is 3.16. The molecule has 1 unspecified atom stereocenters. The molecule has 1 N–H and O–H groups in total. The summed E-state index contributed by atoms with van der Waals surface area (Å²) in [5, 5.41) is 11.1. The lowest BCUT2D eigenvalue weighted by molar-refractivity contribution is -0.132. The van der Waals surface area contributed by atoms with Crippen LogP contribution in [0.4, 0.5) is 10.1 Å². The van der Waals surface area contributed by atoms with Gasteiger partial charge in [-0.2, -0.15) is 0 Å². The van der Waals surface area contributed by atoms with Gasteiger partial charge in [-0.25, -0.2) is 4.39 Å². The maximum absolute atomic E-state index is 13.6. The van der Waals surface area contributed by atoms with Gasteiger partial charge in [0.25, 0.3) is 11.7 Å². The zero-order valence-corrected chi connectivity index (χ0v) is 18.5. The minimum Gasteiger partial charge on any atom is -0.507 e. The van der Waals surface area contributed by atoms with Gasteiger partial charge in [-0.1, -0.05) is 60.7 Å². The summed E-state index contributed by atoms with van der Waals surface area (Å²) in [6, 6.07) is 29.1. The van der Waals surface area contributed by atoms with Gasteiger partial charge in [0.05, 0.1) is 11.6 Å². The standard InChI is InChI=1S/C29H20FNO4/c30-21-14-16-22(17-15-21)31-26(20-10-7-13-24(18-20)35-23-11-5-2-6-12-23)25(28(33)29(31)34)27(32)19-8-3-1-4-9-19/h1-18,26,32H/b27-25-. The van der Waals surface area contributed by atoms with Crippen LogP contribution in [0.1, 0.15) is 17.2 Å². The van der Waals surface area contributed by atoms with Crippen molar-refractivity contribution in [2.45, 2.75) is 6.04 Å². The molecule has 0 saturated carbocycles. The number of carbonyl (C=O) groups excluding carboxylic acids is 2. The van der Waals surface area contributed by atoms with E-state index in [1.165, 1.54) is 29.2 Å². The molecule has 0 radical (unpaired) electrons. The number of aliphatic hydroxyl groups excluding tert-OH is 1. The highest BCUT2D eigenvalue weighted by molar-refractivity contribution is 6.51. The monoisotopic (exact) mass is 465 g/mol. The van der Waals surface area contributed by atoms with Gasteiger partial charge in [0.1, 0.15) is 23.1 Å². The lowest BCUT2D eigenvalue weighted by Crippen LogP contribution is -2.29. The van der Waals surface area contributed by atoms with E-state index in [4.69, 9.17) is 4.74 Å². The molecular formula is C29H20FNO4. The molecule has 1 fully saturated rings. The summed E-state index contributed by atoms with van der Waals surface area (Å²) < 4.78 is 19.6. The molecule has 1 aliphatic heterocycles. The Balaban J connectivity index is 1.66. The SMILES string of the molecule is O=C1C(=O)N(c2ccc(F)cc2)C(c2cccc(Oc3ccccc3)c2)/C1=C(/O)c1ccccc1. The molecule has 1 aliphatic rings.